The Kier molecular flexibility index (Phi) is 4.69. The fourth-order valence-electron chi connectivity index (χ4n) is 2.34. The summed E-state index contributed by atoms with van der Waals surface area (Å²) in [6, 6.07) is 26.1. The van der Waals surface area contributed by atoms with Crippen molar-refractivity contribution < 1.29 is 4.74 Å². The van der Waals surface area contributed by atoms with Gasteiger partial charge < -0.3 is 4.74 Å². The number of anilines is 1. The molecule has 23 heavy (non-hydrogen) atoms. The van der Waals surface area contributed by atoms with E-state index < -0.39 is 0 Å². The van der Waals surface area contributed by atoms with Crippen molar-refractivity contribution in [2.75, 3.05) is 12.5 Å². The van der Waals surface area contributed by atoms with Crippen LogP contribution in [0.15, 0.2) is 84.0 Å². The van der Waals surface area contributed by atoms with E-state index in [0.29, 0.717) is 0 Å². The fraction of sp³-hybridized carbons (Fsp3) is 0.0500. The van der Waals surface area contributed by atoms with Crippen LogP contribution in [0.4, 0.5) is 5.69 Å². The summed E-state index contributed by atoms with van der Waals surface area (Å²) in [5.41, 5.74) is 7.16. The van der Waals surface area contributed by atoms with Crippen molar-refractivity contribution in [3.63, 3.8) is 0 Å². The fourth-order valence-corrected chi connectivity index (χ4v) is 2.34. The summed E-state index contributed by atoms with van der Waals surface area (Å²) >= 11 is 0. The first-order valence-corrected chi connectivity index (χ1v) is 7.44. The van der Waals surface area contributed by atoms with Gasteiger partial charge in [-0.25, -0.2) is 0 Å². The molecule has 3 aromatic rings. The second-order valence-electron chi connectivity index (χ2n) is 5.06. The number of para-hydroxylation sites is 1. The maximum atomic E-state index is 5.47. The van der Waals surface area contributed by atoms with E-state index in [0.717, 1.165) is 28.1 Å². The molecule has 3 heteroatoms. The lowest BCUT2D eigenvalue weighted by Crippen LogP contribution is -1.93. The van der Waals surface area contributed by atoms with Crippen molar-refractivity contribution in [1.82, 2.24) is 0 Å². The minimum atomic E-state index is 0.851. The van der Waals surface area contributed by atoms with Crippen molar-refractivity contribution in [2.24, 2.45) is 5.10 Å². The highest BCUT2D eigenvalue weighted by atomic mass is 16.5. The average molecular weight is 302 g/mol. The number of hydrazone groups is 1. The molecular weight excluding hydrogens is 284 g/mol. The minimum Gasteiger partial charge on any atom is -0.496 e. The summed E-state index contributed by atoms with van der Waals surface area (Å²) in [7, 11) is 1.69. The highest BCUT2D eigenvalue weighted by Crippen LogP contribution is 2.30. The average Bonchev–Trinajstić information content (AvgIpc) is 2.63. The predicted molar refractivity (Wildman–Crippen MR) is 96.1 cm³/mol. The molecule has 0 amide bonds. The molecule has 3 nitrogen and oxygen atoms in total. The monoisotopic (exact) mass is 302 g/mol. The number of methoxy groups -OCH3 is 1. The summed E-state index contributed by atoms with van der Waals surface area (Å²) in [6.07, 6.45) is 1.80. The van der Waals surface area contributed by atoms with Gasteiger partial charge in [0.2, 0.25) is 0 Å². The van der Waals surface area contributed by atoms with E-state index in [4.69, 9.17) is 4.74 Å². The van der Waals surface area contributed by atoms with Crippen LogP contribution in [-0.4, -0.2) is 13.3 Å². The number of rotatable bonds is 5. The Morgan fingerprint density at radius 2 is 1.57 bits per heavy atom. The van der Waals surface area contributed by atoms with Crippen LogP contribution < -0.4 is 10.2 Å². The highest BCUT2D eigenvalue weighted by Gasteiger charge is 2.05. The molecule has 0 bridgehead atoms. The molecule has 1 N–H and O–H groups in total. The largest absolute Gasteiger partial charge is 0.496 e. The van der Waals surface area contributed by atoms with Crippen LogP contribution in [-0.2, 0) is 0 Å². The van der Waals surface area contributed by atoms with E-state index in [1.807, 2.05) is 60.7 Å². The van der Waals surface area contributed by atoms with E-state index in [-0.39, 0.29) is 0 Å². The molecule has 0 spiro atoms. The Labute approximate surface area is 136 Å². The van der Waals surface area contributed by atoms with Gasteiger partial charge in [0.05, 0.1) is 19.0 Å². The third-order valence-corrected chi connectivity index (χ3v) is 3.49. The normalized spacial score (nSPS) is 10.7. The first kappa shape index (κ1) is 14.9. The molecular formula is C20H18N2O. The molecule has 0 aromatic heterocycles. The zero-order chi connectivity index (χ0) is 15.9. The minimum absolute atomic E-state index is 0.851. The summed E-state index contributed by atoms with van der Waals surface area (Å²) in [5, 5.41) is 4.29. The third kappa shape index (κ3) is 3.77. The van der Waals surface area contributed by atoms with Crippen LogP contribution in [0.2, 0.25) is 0 Å². The van der Waals surface area contributed by atoms with Crippen molar-refractivity contribution in [1.29, 1.82) is 0 Å². The summed E-state index contributed by atoms with van der Waals surface area (Å²) < 4.78 is 5.47. The van der Waals surface area contributed by atoms with Gasteiger partial charge in [0.25, 0.3) is 0 Å². The predicted octanol–water partition coefficient (Wildman–Crippen LogP) is 4.81. The molecule has 3 aromatic carbocycles. The number of hydrogen-bond acceptors (Lipinski definition) is 3. The molecule has 0 aliphatic rings. The molecule has 3 rings (SSSR count). The van der Waals surface area contributed by atoms with Crippen LogP contribution >= 0.6 is 0 Å². The van der Waals surface area contributed by atoms with Crippen LogP contribution in [0, 0.1) is 0 Å². The van der Waals surface area contributed by atoms with Crippen molar-refractivity contribution in [3.05, 3.63) is 84.4 Å². The van der Waals surface area contributed by atoms with E-state index in [2.05, 4.69) is 28.7 Å². The summed E-state index contributed by atoms with van der Waals surface area (Å²) in [5.74, 6) is 0.851. The van der Waals surface area contributed by atoms with Crippen molar-refractivity contribution >= 4 is 11.9 Å². The summed E-state index contributed by atoms with van der Waals surface area (Å²) in [4.78, 5) is 0. The van der Waals surface area contributed by atoms with E-state index in [1.165, 1.54) is 0 Å². The SMILES string of the molecule is COc1ccc(C=NNc2ccccc2)cc1-c1ccccc1. The molecule has 0 radical (unpaired) electrons. The third-order valence-electron chi connectivity index (χ3n) is 3.49. The van der Waals surface area contributed by atoms with Crippen LogP contribution in [0.3, 0.4) is 0 Å². The van der Waals surface area contributed by atoms with Crippen molar-refractivity contribution in [2.45, 2.75) is 0 Å². The Bertz CT molecular complexity index is 783. The van der Waals surface area contributed by atoms with Gasteiger partial charge in [-0.05, 0) is 41.5 Å². The van der Waals surface area contributed by atoms with Gasteiger partial charge in [-0.1, -0.05) is 48.5 Å². The lowest BCUT2D eigenvalue weighted by Gasteiger charge is -2.09. The number of hydrogen-bond donors (Lipinski definition) is 1. The molecule has 0 heterocycles. The Morgan fingerprint density at radius 1 is 0.870 bits per heavy atom. The maximum Gasteiger partial charge on any atom is 0.126 e. The van der Waals surface area contributed by atoms with Gasteiger partial charge in [0, 0.05) is 5.56 Å². The lowest BCUT2D eigenvalue weighted by molar-refractivity contribution is 0.416. The quantitative estimate of drug-likeness (QED) is 0.542. The van der Waals surface area contributed by atoms with Gasteiger partial charge in [0.1, 0.15) is 5.75 Å². The smallest absolute Gasteiger partial charge is 0.126 e. The molecule has 0 fully saturated rings. The number of ether oxygens (including phenoxy) is 1. The van der Waals surface area contributed by atoms with E-state index in [1.54, 1.807) is 13.3 Å². The van der Waals surface area contributed by atoms with Gasteiger partial charge in [-0.2, -0.15) is 5.10 Å². The molecule has 0 aliphatic heterocycles. The standard InChI is InChI=1S/C20H18N2O/c1-23-20-13-12-16(14-19(20)17-8-4-2-5-9-17)15-21-22-18-10-6-3-7-11-18/h2-15,22H,1H3. The van der Waals surface area contributed by atoms with E-state index >= 15 is 0 Å². The molecule has 0 saturated carbocycles. The van der Waals surface area contributed by atoms with Gasteiger partial charge in [-0.15, -0.1) is 0 Å². The molecule has 114 valence electrons. The number of benzene rings is 3. The Hall–Kier alpha value is -3.07. The second-order valence-corrected chi connectivity index (χ2v) is 5.06. The lowest BCUT2D eigenvalue weighted by atomic mass is 10.0. The van der Waals surface area contributed by atoms with Crippen molar-refractivity contribution in [3.8, 4) is 16.9 Å². The Morgan fingerprint density at radius 3 is 2.26 bits per heavy atom. The zero-order valence-electron chi connectivity index (χ0n) is 12.9. The first-order valence-electron chi connectivity index (χ1n) is 7.44. The number of nitrogens with zero attached hydrogens (tertiary/aromatic N) is 1. The second kappa shape index (κ2) is 7.27. The van der Waals surface area contributed by atoms with Crippen LogP contribution in [0.25, 0.3) is 11.1 Å². The number of nitrogens with one attached hydrogen (secondary N) is 1. The topological polar surface area (TPSA) is 33.6 Å². The molecule has 0 atom stereocenters. The molecule has 0 unspecified atom stereocenters. The summed E-state index contributed by atoms with van der Waals surface area (Å²) in [6.45, 7) is 0. The van der Waals surface area contributed by atoms with E-state index in [9.17, 15) is 0 Å². The highest BCUT2D eigenvalue weighted by molar-refractivity contribution is 5.85. The van der Waals surface area contributed by atoms with Crippen LogP contribution in [0.5, 0.6) is 5.75 Å². The van der Waals surface area contributed by atoms with Gasteiger partial charge >= 0.3 is 0 Å². The van der Waals surface area contributed by atoms with Crippen LogP contribution in [0.1, 0.15) is 5.56 Å². The Balaban J connectivity index is 1.83. The molecule has 0 aliphatic carbocycles. The first-order chi connectivity index (χ1) is 11.4. The molecule has 0 saturated heterocycles. The van der Waals surface area contributed by atoms with Gasteiger partial charge in [-0.3, -0.25) is 5.43 Å². The van der Waals surface area contributed by atoms with Gasteiger partial charge in [0.15, 0.2) is 0 Å². The maximum absolute atomic E-state index is 5.47. The zero-order valence-corrected chi connectivity index (χ0v) is 12.9.